The zero-order valence-corrected chi connectivity index (χ0v) is 21.4. The number of hydrogen-bond acceptors (Lipinski definition) is 4. The van der Waals surface area contributed by atoms with Crippen LogP contribution < -0.4 is 5.32 Å². The van der Waals surface area contributed by atoms with Crippen LogP contribution in [0.4, 0.5) is 0 Å². The maximum atomic E-state index is 4.56. The Labute approximate surface area is 198 Å². The van der Waals surface area contributed by atoms with Gasteiger partial charge in [-0.1, -0.05) is 25.1 Å². The molecule has 2 aliphatic heterocycles. The van der Waals surface area contributed by atoms with Gasteiger partial charge >= 0.3 is 0 Å². The zero-order valence-electron chi connectivity index (χ0n) is 18.2. The molecule has 0 radical (unpaired) electrons. The fraction of sp³-hybridized carbons (Fsp3) is 0.682. The van der Waals surface area contributed by atoms with E-state index in [2.05, 4.69) is 69.3 Å². The van der Waals surface area contributed by atoms with E-state index < -0.39 is 0 Å². The average molecular weight is 532 g/mol. The first kappa shape index (κ1) is 24.8. The van der Waals surface area contributed by atoms with Gasteiger partial charge in [-0.2, -0.15) is 0 Å². The van der Waals surface area contributed by atoms with Gasteiger partial charge in [0.25, 0.3) is 0 Å². The fourth-order valence-electron chi connectivity index (χ4n) is 4.03. The van der Waals surface area contributed by atoms with Crippen LogP contribution in [0.3, 0.4) is 0 Å². The number of piperazine rings is 1. The molecular weight excluding hydrogens is 493 g/mol. The molecule has 0 aliphatic carbocycles. The Morgan fingerprint density at radius 3 is 2.59 bits per heavy atom. The van der Waals surface area contributed by atoms with Crippen molar-refractivity contribution in [2.45, 2.75) is 18.2 Å². The van der Waals surface area contributed by atoms with Gasteiger partial charge in [0.15, 0.2) is 5.96 Å². The van der Waals surface area contributed by atoms with Crippen LogP contribution >= 0.6 is 35.7 Å². The molecule has 0 saturated carbocycles. The summed E-state index contributed by atoms with van der Waals surface area (Å²) < 4.78 is 0. The number of halogens is 1. The third kappa shape index (κ3) is 8.26. The Kier molecular flexibility index (Phi) is 11.1. The standard InChI is InChI=1S/C22H37N5S.HI/c1-19(16-26-13-11-25(3)12-14-26)15-24-22(23-2)27-10-9-20(17-27)18-28-21-7-5-4-6-8-21;/h4-8,19-20H,9-18H2,1-3H3,(H,23,24);1H. The van der Waals surface area contributed by atoms with E-state index >= 15 is 0 Å². The number of likely N-dealkylation sites (tertiary alicyclic amines) is 1. The molecule has 0 aromatic heterocycles. The van der Waals surface area contributed by atoms with Gasteiger partial charge in [0.1, 0.15) is 0 Å². The van der Waals surface area contributed by atoms with E-state index in [1.165, 1.54) is 49.8 Å². The first-order valence-corrected chi connectivity index (χ1v) is 11.7. The van der Waals surface area contributed by atoms with Crippen LogP contribution in [0.25, 0.3) is 0 Å². The second-order valence-corrected chi connectivity index (χ2v) is 9.46. The smallest absolute Gasteiger partial charge is 0.193 e. The number of guanidine groups is 1. The van der Waals surface area contributed by atoms with Gasteiger partial charge in [0.2, 0.25) is 0 Å². The van der Waals surface area contributed by atoms with E-state index in [9.17, 15) is 0 Å². The molecule has 0 bridgehead atoms. The number of hydrogen-bond donors (Lipinski definition) is 1. The highest BCUT2D eigenvalue weighted by Crippen LogP contribution is 2.25. The molecule has 2 unspecified atom stereocenters. The van der Waals surface area contributed by atoms with E-state index in [-0.39, 0.29) is 24.0 Å². The number of likely N-dealkylation sites (N-methyl/N-ethyl adjacent to an activating group) is 1. The summed E-state index contributed by atoms with van der Waals surface area (Å²) in [6, 6.07) is 10.7. The van der Waals surface area contributed by atoms with Gasteiger partial charge < -0.3 is 20.0 Å². The Bertz CT molecular complexity index is 606. The predicted molar refractivity (Wildman–Crippen MR) is 137 cm³/mol. The molecule has 2 aliphatic rings. The molecule has 29 heavy (non-hydrogen) atoms. The number of benzene rings is 1. The van der Waals surface area contributed by atoms with Crippen molar-refractivity contribution in [1.82, 2.24) is 20.0 Å². The molecule has 1 N–H and O–H groups in total. The molecule has 7 heteroatoms. The minimum atomic E-state index is 0. The Balaban J connectivity index is 0.00000300. The molecule has 2 atom stereocenters. The van der Waals surface area contributed by atoms with Crippen molar-refractivity contribution in [2.75, 3.05) is 72.2 Å². The van der Waals surface area contributed by atoms with Crippen LogP contribution in [-0.4, -0.2) is 92.9 Å². The third-order valence-corrected chi connectivity index (χ3v) is 7.04. The number of nitrogens with one attached hydrogen (secondary N) is 1. The van der Waals surface area contributed by atoms with E-state index in [1.54, 1.807) is 0 Å². The van der Waals surface area contributed by atoms with Crippen LogP contribution in [0.1, 0.15) is 13.3 Å². The molecule has 0 spiro atoms. The van der Waals surface area contributed by atoms with E-state index in [0.29, 0.717) is 5.92 Å². The van der Waals surface area contributed by atoms with Crippen molar-refractivity contribution in [3.05, 3.63) is 30.3 Å². The Morgan fingerprint density at radius 1 is 1.17 bits per heavy atom. The minimum Gasteiger partial charge on any atom is -0.356 e. The maximum Gasteiger partial charge on any atom is 0.193 e. The summed E-state index contributed by atoms with van der Waals surface area (Å²) >= 11 is 1.98. The summed E-state index contributed by atoms with van der Waals surface area (Å²) in [5, 5.41) is 3.64. The quantitative estimate of drug-likeness (QED) is 0.253. The highest BCUT2D eigenvalue weighted by molar-refractivity contribution is 14.0. The van der Waals surface area contributed by atoms with Gasteiger partial charge in [-0.15, -0.1) is 35.7 Å². The molecule has 5 nitrogen and oxygen atoms in total. The van der Waals surface area contributed by atoms with Crippen molar-refractivity contribution in [1.29, 1.82) is 0 Å². The topological polar surface area (TPSA) is 34.1 Å². The van der Waals surface area contributed by atoms with Gasteiger partial charge in [0, 0.05) is 70.1 Å². The van der Waals surface area contributed by atoms with Crippen LogP contribution in [0.2, 0.25) is 0 Å². The summed E-state index contributed by atoms with van der Waals surface area (Å²) in [6.07, 6.45) is 1.26. The molecule has 1 aromatic rings. The normalized spacial score (nSPS) is 22.4. The van der Waals surface area contributed by atoms with Crippen molar-refractivity contribution >= 4 is 41.7 Å². The molecule has 2 heterocycles. The first-order chi connectivity index (χ1) is 13.6. The summed E-state index contributed by atoms with van der Waals surface area (Å²) in [4.78, 5) is 13.4. The third-order valence-electron chi connectivity index (χ3n) is 5.80. The molecule has 1 aromatic carbocycles. The number of nitrogens with zero attached hydrogens (tertiary/aromatic N) is 4. The van der Waals surface area contributed by atoms with Gasteiger partial charge in [-0.05, 0) is 37.4 Å². The summed E-state index contributed by atoms with van der Waals surface area (Å²) in [5.41, 5.74) is 0. The van der Waals surface area contributed by atoms with Crippen LogP contribution in [0.5, 0.6) is 0 Å². The fourth-order valence-corrected chi connectivity index (χ4v) is 5.08. The number of thioether (sulfide) groups is 1. The lowest BCUT2D eigenvalue weighted by atomic mass is 10.1. The molecule has 164 valence electrons. The molecule has 0 amide bonds. The average Bonchev–Trinajstić information content (AvgIpc) is 3.18. The Hall–Kier alpha value is -0.510. The van der Waals surface area contributed by atoms with Crippen molar-refractivity contribution < 1.29 is 0 Å². The van der Waals surface area contributed by atoms with Crippen LogP contribution in [-0.2, 0) is 0 Å². The SMILES string of the molecule is CN=C(NCC(C)CN1CCN(C)CC1)N1CCC(CSc2ccccc2)C1.I. The highest BCUT2D eigenvalue weighted by atomic mass is 127. The van der Waals surface area contributed by atoms with Crippen LogP contribution in [0, 0.1) is 11.8 Å². The van der Waals surface area contributed by atoms with Gasteiger partial charge in [-0.3, -0.25) is 4.99 Å². The maximum absolute atomic E-state index is 4.56. The monoisotopic (exact) mass is 531 g/mol. The minimum absolute atomic E-state index is 0. The van der Waals surface area contributed by atoms with Crippen molar-refractivity contribution in [2.24, 2.45) is 16.8 Å². The molecule has 3 rings (SSSR count). The predicted octanol–water partition coefficient (Wildman–Crippen LogP) is 3.18. The summed E-state index contributed by atoms with van der Waals surface area (Å²) in [7, 11) is 4.13. The van der Waals surface area contributed by atoms with Crippen LogP contribution in [0.15, 0.2) is 40.2 Å². The lowest BCUT2D eigenvalue weighted by Crippen LogP contribution is -2.48. The van der Waals surface area contributed by atoms with E-state index in [1.807, 2.05) is 18.8 Å². The molecular formula is C22H38IN5S. The van der Waals surface area contributed by atoms with Gasteiger partial charge in [-0.25, -0.2) is 0 Å². The van der Waals surface area contributed by atoms with E-state index in [4.69, 9.17) is 0 Å². The number of aliphatic imine (C=N–C) groups is 1. The lowest BCUT2D eigenvalue weighted by Gasteiger charge is -2.34. The molecule has 2 fully saturated rings. The van der Waals surface area contributed by atoms with Crippen molar-refractivity contribution in [3.8, 4) is 0 Å². The van der Waals surface area contributed by atoms with Crippen molar-refractivity contribution in [3.63, 3.8) is 0 Å². The lowest BCUT2D eigenvalue weighted by molar-refractivity contribution is 0.139. The Morgan fingerprint density at radius 2 is 1.90 bits per heavy atom. The summed E-state index contributed by atoms with van der Waals surface area (Å²) in [5.74, 6) is 3.65. The first-order valence-electron chi connectivity index (χ1n) is 10.7. The largest absolute Gasteiger partial charge is 0.356 e. The van der Waals surface area contributed by atoms with Gasteiger partial charge in [0.05, 0.1) is 0 Å². The summed E-state index contributed by atoms with van der Waals surface area (Å²) in [6.45, 7) is 11.5. The zero-order chi connectivity index (χ0) is 19.8. The second kappa shape index (κ2) is 13.0. The molecule has 2 saturated heterocycles. The van der Waals surface area contributed by atoms with E-state index in [0.717, 1.165) is 31.5 Å². The highest BCUT2D eigenvalue weighted by Gasteiger charge is 2.25. The second-order valence-electron chi connectivity index (χ2n) is 8.36. The number of rotatable bonds is 7.